The van der Waals surface area contributed by atoms with Crippen molar-refractivity contribution in [3.8, 4) is 11.3 Å². The molecule has 0 fully saturated rings. The maximum absolute atomic E-state index is 12.5. The van der Waals surface area contributed by atoms with Gasteiger partial charge in [-0.2, -0.15) is 0 Å². The van der Waals surface area contributed by atoms with Crippen LogP contribution in [0, 0.1) is 0 Å². The number of imidazole rings is 1. The second-order valence-electron chi connectivity index (χ2n) is 5.93. The summed E-state index contributed by atoms with van der Waals surface area (Å²) >= 11 is 7.30. The van der Waals surface area contributed by atoms with E-state index in [0.29, 0.717) is 15.7 Å². The van der Waals surface area contributed by atoms with Gasteiger partial charge < -0.3 is 4.57 Å². The van der Waals surface area contributed by atoms with Crippen molar-refractivity contribution >= 4 is 34.0 Å². The standard InChI is InChI=1S/C20H15ClN4OS/c21-17-7-5-15(6-8-17)18-12-27-20(23-18)24-19(26)16-3-1-14(2-4-16)11-25-10-9-22-13-25/h1-10,12-13H,11H2,(H,23,24,26). The highest BCUT2D eigenvalue weighted by molar-refractivity contribution is 7.14. The average Bonchev–Trinajstić information content (AvgIpc) is 3.35. The SMILES string of the molecule is O=C(Nc1nc(-c2ccc(Cl)cc2)cs1)c1ccc(Cn2ccnc2)cc1. The van der Waals surface area contributed by atoms with Crippen LogP contribution in [0.2, 0.25) is 5.02 Å². The summed E-state index contributed by atoms with van der Waals surface area (Å²) in [5.74, 6) is -0.179. The minimum absolute atomic E-state index is 0.179. The number of nitrogens with zero attached hydrogens (tertiary/aromatic N) is 3. The van der Waals surface area contributed by atoms with E-state index < -0.39 is 0 Å². The first-order valence-electron chi connectivity index (χ1n) is 8.25. The van der Waals surface area contributed by atoms with Gasteiger partial charge in [0.15, 0.2) is 5.13 Å². The molecule has 0 aliphatic rings. The largest absolute Gasteiger partial charge is 0.333 e. The first kappa shape index (κ1) is 17.5. The van der Waals surface area contributed by atoms with Crippen LogP contribution >= 0.6 is 22.9 Å². The first-order chi connectivity index (χ1) is 13.2. The second kappa shape index (κ2) is 7.73. The molecular weight excluding hydrogens is 380 g/mol. The summed E-state index contributed by atoms with van der Waals surface area (Å²) in [6.45, 7) is 0.721. The van der Waals surface area contributed by atoms with Crippen LogP contribution in [0.15, 0.2) is 72.6 Å². The third-order valence-electron chi connectivity index (χ3n) is 4.01. The summed E-state index contributed by atoms with van der Waals surface area (Å²) in [5.41, 5.74) is 3.46. The first-order valence-corrected chi connectivity index (χ1v) is 9.51. The molecular formula is C20H15ClN4OS. The molecule has 0 radical (unpaired) electrons. The van der Waals surface area contributed by atoms with Crippen molar-refractivity contribution in [2.24, 2.45) is 0 Å². The van der Waals surface area contributed by atoms with Crippen molar-refractivity contribution in [2.45, 2.75) is 6.54 Å². The summed E-state index contributed by atoms with van der Waals surface area (Å²) in [4.78, 5) is 21.0. The molecule has 7 heteroatoms. The molecule has 0 atom stereocenters. The van der Waals surface area contributed by atoms with E-state index in [1.807, 2.05) is 64.7 Å². The number of amides is 1. The molecule has 0 aliphatic heterocycles. The number of rotatable bonds is 5. The molecule has 5 nitrogen and oxygen atoms in total. The zero-order chi connectivity index (χ0) is 18.6. The number of nitrogens with one attached hydrogen (secondary N) is 1. The molecule has 0 saturated heterocycles. The van der Waals surface area contributed by atoms with E-state index in [1.165, 1.54) is 11.3 Å². The third kappa shape index (κ3) is 4.24. The van der Waals surface area contributed by atoms with Crippen molar-refractivity contribution in [3.05, 3.63) is 88.8 Å². The van der Waals surface area contributed by atoms with Crippen LogP contribution in [0.25, 0.3) is 11.3 Å². The van der Waals surface area contributed by atoms with Crippen molar-refractivity contribution in [1.29, 1.82) is 0 Å². The molecule has 0 unspecified atom stereocenters. The molecule has 0 aliphatic carbocycles. The lowest BCUT2D eigenvalue weighted by atomic mass is 10.1. The summed E-state index contributed by atoms with van der Waals surface area (Å²) in [7, 11) is 0. The fraction of sp³-hybridized carbons (Fsp3) is 0.0500. The van der Waals surface area contributed by atoms with Gasteiger partial charge in [-0.05, 0) is 29.8 Å². The Hall–Kier alpha value is -2.96. The fourth-order valence-electron chi connectivity index (χ4n) is 2.61. The molecule has 4 rings (SSSR count). The van der Waals surface area contributed by atoms with Gasteiger partial charge in [0.1, 0.15) is 0 Å². The van der Waals surface area contributed by atoms with Crippen LogP contribution in [0.5, 0.6) is 0 Å². The van der Waals surface area contributed by atoms with Gasteiger partial charge in [0, 0.05) is 40.5 Å². The number of benzene rings is 2. The van der Waals surface area contributed by atoms with Crippen molar-refractivity contribution in [2.75, 3.05) is 5.32 Å². The molecule has 0 spiro atoms. The Labute approximate surface area is 165 Å². The topological polar surface area (TPSA) is 59.8 Å². The molecule has 0 bridgehead atoms. The minimum atomic E-state index is -0.179. The van der Waals surface area contributed by atoms with Crippen LogP contribution in [0.1, 0.15) is 15.9 Å². The zero-order valence-electron chi connectivity index (χ0n) is 14.2. The van der Waals surface area contributed by atoms with Gasteiger partial charge in [-0.1, -0.05) is 35.9 Å². The smallest absolute Gasteiger partial charge is 0.257 e. The summed E-state index contributed by atoms with van der Waals surface area (Å²) in [6, 6.07) is 15.0. The maximum atomic E-state index is 12.5. The number of carbonyl (C=O) groups is 1. The lowest BCUT2D eigenvalue weighted by Gasteiger charge is -2.05. The van der Waals surface area contributed by atoms with Gasteiger partial charge in [0.25, 0.3) is 5.91 Å². The molecule has 134 valence electrons. The van der Waals surface area contributed by atoms with E-state index in [-0.39, 0.29) is 5.91 Å². The predicted molar refractivity (Wildman–Crippen MR) is 108 cm³/mol. The highest BCUT2D eigenvalue weighted by Crippen LogP contribution is 2.26. The quantitative estimate of drug-likeness (QED) is 0.520. The molecule has 2 aromatic heterocycles. The number of hydrogen-bond acceptors (Lipinski definition) is 4. The van der Waals surface area contributed by atoms with E-state index in [9.17, 15) is 4.79 Å². The van der Waals surface area contributed by atoms with Gasteiger partial charge in [-0.15, -0.1) is 11.3 Å². The molecule has 1 N–H and O–H groups in total. The van der Waals surface area contributed by atoms with E-state index in [0.717, 1.165) is 23.4 Å². The zero-order valence-corrected chi connectivity index (χ0v) is 15.7. The third-order valence-corrected chi connectivity index (χ3v) is 5.01. The van der Waals surface area contributed by atoms with Crippen LogP contribution in [-0.4, -0.2) is 20.4 Å². The number of halogens is 1. The Morgan fingerprint density at radius 3 is 2.59 bits per heavy atom. The monoisotopic (exact) mass is 394 g/mol. The van der Waals surface area contributed by atoms with Crippen molar-refractivity contribution in [3.63, 3.8) is 0 Å². The number of hydrogen-bond donors (Lipinski definition) is 1. The average molecular weight is 395 g/mol. The molecule has 0 saturated carbocycles. The van der Waals surface area contributed by atoms with Gasteiger partial charge in [-0.3, -0.25) is 10.1 Å². The second-order valence-corrected chi connectivity index (χ2v) is 7.23. The number of anilines is 1. The summed E-state index contributed by atoms with van der Waals surface area (Å²) < 4.78 is 1.98. The van der Waals surface area contributed by atoms with Crippen LogP contribution in [0.3, 0.4) is 0 Å². The molecule has 2 aromatic carbocycles. The van der Waals surface area contributed by atoms with Gasteiger partial charge in [0.05, 0.1) is 12.0 Å². The number of aromatic nitrogens is 3. The van der Waals surface area contributed by atoms with Crippen LogP contribution in [0.4, 0.5) is 5.13 Å². The van der Waals surface area contributed by atoms with Crippen LogP contribution < -0.4 is 5.32 Å². The summed E-state index contributed by atoms with van der Waals surface area (Å²) in [6.07, 6.45) is 5.41. The molecule has 1 amide bonds. The lowest BCUT2D eigenvalue weighted by molar-refractivity contribution is 0.102. The summed E-state index contributed by atoms with van der Waals surface area (Å²) in [5, 5.41) is 6.00. The molecule has 2 heterocycles. The Bertz CT molecular complexity index is 1040. The van der Waals surface area contributed by atoms with E-state index in [1.54, 1.807) is 12.5 Å². The number of carbonyl (C=O) groups excluding carboxylic acids is 1. The highest BCUT2D eigenvalue weighted by atomic mass is 35.5. The molecule has 27 heavy (non-hydrogen) atoms. The predicted octanol–water partition coefficient (Wildman–Crippen LogP) is 4.96. The van der Waals surface area contributed by atoms with E-state index in [2.05, 4.69) is 15.3 Å². The van der Waals surface area contributed by atoms with Gasteiger partial charge in [0.2, 0.25) is 0 Å². The highest BCUT2D eigenvalue weighted by Gasteiger charge is 2.10. The van der Waals surface area contributed by atoms with E-state index in [4.69, 9.17) is 11.6 Å². The Kier molecular flexibility index (Phi) is 5.00. The Morgan fingerprint density at radius 1 is 1.11 bits per heavy atom. The Morgan fingerprint density at radius 2 is 1.89 bits per heavy atom. The fourth-order valence-corrected chi connectivity index (χ4v) is 3.45. The molecule has 4 aromatic rings. The van der Waals surface area contributed by atoms with Crippen molar-refractivity contribution < 1.29 is 4.79 Å². The maximum Gasteiger partial charge on any atom is 0.257 e. The van der Waals surface area contributed by atoms with Gasteiger partial charge in [-0.25, -0.2) is 9.97 Å². The van der Waals surface area contributed by atoms with E-state index >= 15 is 0 Å². The Balaban J connectivity index is 1.42. The van der Waals surface area contributed by atoms with Gasteiger partial charge >= 0.3 is 0 Å². The number of thiazole rings is 1. The minimum Gasteiger partial charge on any atom is -0.333 e. The lowest BCUT2D eigenvalue weighted by Crippen LogP contribution is -2.11. The normalized spacial score (nSPS) is 10.7. The van der Waals surface area contributed by atoms with Crippen molar-refractivity contribution in [1.82, 2.24) is 14.5 Å². The van der Waals surface area contributed by atoms with Crippen LogP contribution in [-0.2, 0) is 6.54 Å².